The van der Waals surface area contributed by atoms with Crippen LogP contribution >= 0.6 is 0 Å². The molecule has 0 saturated carbocycles. The fraction of sp³-hybridized carbons (Fsp3) is 0.0857. The zero-order chi connectivity index (χ0) is 29.9. The van der Waals surface area contributed by atoms with Gasteiger partial charge in [-0.05, 0) is 89.7 Å². The van der Waals surface area contributed by atoms with Gasteiger partial charge >= 0.3 is 0 Å². The molecule has 0 saturated heterocycles. The number of azo groups is 2. The molecule has 0 aliphatic carbocycles. The molecule has 0 atom stereocenters. The summed E-state index contributed by atoms with van der Waals surface area (Å²) in [7, 11) is 1.51. The number of hydrogen-bond donors (Lipinski definition) is 3. The van der Waals surface area contributed by atoms with E-state index in [4.69, 9.17) is 4.74 Å². The number of para-hydroxylation sites is 1. The van der Waals surface area contributed by atoms with Crippen LogP contribution in [0.25, 0.3) is 21.5 Å². The zero-order valence-corrected chi connectivity index (χ0v) is 25.1. The van der Waals surface area contributed by atoms with Gasteiger partial charge in [0.15, 0.2) is 5.75 Å². The first-order valence-corrected chi connectivity index (χ1v) is 13.7. The number of anilines is 2. The second-order valence-corrected chi connectivity index (χ2v) is 10.2. The molecule has 8 nitrogen and oxygen atoms in total. The molecule has 0 aliphatic heterocycles. The Balaban J connectivity index is 0.00000384. The van der Waals surface area contributed by atoms with Crippen LogP contribution in [-0.2, 0) is 17.1 Å². The molecule has 3 N–H and O–H groups in total. The van der Waals surface area contributed by atoms with Gasteiger partial charge in [0.25, 0.3) is 0 Å². The van der Waals surface area contributed by atoms with Gasteiger partial charge in [-0.3, -0.25) is 0 Å². The van der Waals surface area contributed by atoms with Gasteiger partial charge in [-0.15, -0.1) is 15.3 Å². The van der Waals surface area contributed by atoms with Crippen LogP contribution in [0.2, 0.25) is 0 Å². The molecule has 0 aromatic heterocycles. The first-order chi connectivity index (χ1) is 20.9. The van der Waals surface area contributed by atoms with Crippen molar-refractivity contribution in [3.05, 3.63) is 114 Å². The van der Waals surface area contributed by atoms with Crippen LogP contribution in [0.3, 0.4) is 0 Å². The molecular weight excluding hydrogens is 602 g/mol. The van der Waals surface area contributed by atoms with Crippen LogP contribution in [0.1, 0.15) is 11.1 Å². The Morgan fingerprint density at radius 1 is 0.614 bits per heavy atom. The second kappa shape index (κ2) is 13.0. The van der Waals surface area contributed by atoms with Gasteiger partial charge in [-0.25, -0.2) is 0 Å². The van der Waals surface area contributed by atoms with Crippen LogP contribution in [-0.4, -0.2) is 17.3 Å². The molecule has 0 amide bonds. The van der Waals surface area contributed by atoms with E-state index in [9.17, 15) is 10.2 Å². The fourth-order valence-electron chi connectivity index (χ4n) is 4.98. The van der Waals surface area contributed by atoms with Crippen molar-refractivity contribution < 1.29 is 32.0 Å². The first kappa shape index (κ1) is 30.2. The maximum Gasteiger partial charge on any atom is 0.151 e. The smallest absolute Gasteiger partial charge is 0.151 e. The molecule has 9 heteroatoms. The average molecular weight is 631 g/mol. The zero-order valence-electron chi connectivity index (χ0n) is 24.2. The number of fused-ring (bicyclic) bond motifs is 2. The SMILES string of the molecule is COc1cc(N=Nc2c(C)cc3cc(Nc4ccccc4)ccc3c2O)c(O)cc1N=Nc1ccc2c(C)cccc2c1.[Cu]. The number of phenols is 2. The van der Waals surface area contributed by atoms with E-state index in [1.807, 2.05) is 91.9 Å². The predicted octanol–water partition coefficient (Wildman–Crippen LogP) is 10.6. The van der Waals surface area contributed by atoms with E-state index in [0.29, 0.717) is 28.2 Å². The molecule has 6 aromatic carbocycles. The Hall–Kier alpha value is -5.24. The number of phenolic OH excluding ortho intramolecular Hbond substituents is 2. The Bertz CT molecular complexity index is 2050. The molecule has 0 heterocycles. The van der Waals surface area contributed by atoms with Crippen molar-refractivity contribution in [1.29, 1.82) is 0 Å². The summed E-state index contributed by atoms with van der Waals surface area (Å²) in [5, 5.41) is 46.1. The first-order valence-electron chi connectivity index (χ1n) is 13.7. The van der Waals surface area contributed by atoms with Gasteiger partial charge in [0.2, 0.25) is 0 Å². The molecule has 1 radical (unpaired) electrons. The topological polar surface area (TPSA) is 111 Å². The van der Waals surface area contributed by atoms with E-state index in [1.165, 1.54) is 24.8 Å². The van der Waals surface area contributed by atoms with Crippen molar-refractivity contribution >= 4 is 55.7 Å². The van der Waals surface area contributed by atoms with E-state index >= 15 is 0 Å². The normalized spacial score (nSPS) is 11.3. The van der Waals surface area contributed by atoms with Gasteiger partial charge in [-0.2, -0.15) is 5.11 Å². The van der Waals surface area contributed by atoms with E-state index in [1.54, 1.807) is 0 Å². The molecule has 0 fully saturated rings. The maximum atomic E-state index is 11.1. The van der Waals surface area contributed by atoms with Crippen molar-refractivity contribution in [3.63, 3.8) is 0 Å². The number of aryl methyl sites for hydroxylation is 2. The molecular formula is C35H29CuN5O3. The molecule has 44 heavy (non-hydrogen) atoms. The summed E-state index contributed by atoms with van der Waals surface area (Å²) in [5.74, 6) is 0.222. The third kappa shape index (κ3) is 6.24. The van der Waals surface area contributed by atoms with Crippen molar-refractivity contribution in [3.8, 4) is 17.2 Å². The predicted molar refractivity (Wildman–Crippen MR) is 172 cm³/mol. The molecule has 223 valence electrons. The molecule has 0 bridgehead atoms. The second-order valence-electron chi connectivity index (χ2n) is 10.2. The minimum atomic E-state index is -0.151. The van der Waals surface area contributed by atoms with Crippen molar-refractivity contribution in [2.75, 3.05) is 12.4 Å². The molecule has 0 aliphatic rings. The van der Waals surface area contributed by atoms with Gasteiger partial charge in [-0.1, -0.05) is 42.5 Å². The van der Waals surface area contributed by atoms with E-state index in [2.05, 4.69) is 38.8 Å². The minimum Gasteiger partial charge on any atom is -0.506 e. The summed E-state index contributed by atoms with van der Waals surface area (Å²) in [4.78, 5) is 0. The minimum absolute atomic E-state index is 0. The van der Waals surface area contributed by atoms with Crippen LogP contribution in [0.4, 0.5) is 34.1 Å². The Kier molecular flexibility index (Phi) is 8.90. The van der Waals surface area contributed by atoms with Gasteiger partial charge in [0.1, 0.15) is 28.6 Å². The summed E-state index contributed by atoms with van der Waals surface area (Å²) in [6.45, 7) is 3.92. The number of rotatable bonds is 7. The van der Waals surface area contributed by atoms with Crippen molar-refractivity contribution in [1.82, 2.24) is 0 Å². The molecule has 6 aromatic rings. The van der Waals surface area contributed by atoms with Crippen LogP contribution < -0.4 is 10.1 Å². The van der Waals surface area contributed by atoms with E-state index < -0.39 is 0 Å². The fourth-order valence-corrected chi connectivity index (χ4v) is 4.98. The number of hydrogen-bond acceptors (Lipinski definition) is 8. The van der Waals surface area contributed by atoms with Crippen LogP contribution in [0.5, 0.6) is 17.2 Å². The van der Waals surface area contributed by atoms with Crippen LogP contribution in [0, 0.1) is 13.8 Å². The van der Waals surface area contributed by atoms with Crippen molar-refractivity contribution in [2.45, 2.75) is 13.8 Å². The number of ether oxygens (including phenoxy) is 1. The van der Waals surface area contributed by atoms with Gasteiger partial charge in [0.05, 0.1) is 12.8 Å². The van der Waals surface area contributed by atoms with Crippen LogP contribution in [0.15, 0.2) is 124 Å². The Morgan fingerprint density at radius 2 is 1.39 bits per heavy atom. The number of methoxy groups -OCH3 is 1. The standard InChI is InChI=1S/C35H29N5O3.Cu/c1-21-8-7-9-23-17-27(13-14-28(21)23)37-39-31-19-32(41)30(20-33(31)43-3)38-40-34-22(2)16-24-18-26(12-15-29(24)35(34)42)36-25-10-5-4-6-11-25;/h4-20,36,41-42H,1-3H3;. The summed E-state index contributed by atoms with van der Waals surface area (Å²) in [6.07, 6.45) is 0. The van der Waals surface area contributed by atoms with Gasteiger partial charge < -0.3 is 20.3 Å². The van der Waals surface area contributed by atoms with E-state index in [0.717, 1.165) is 33.1 Å². The average Bonchev–Trinajstić information content (AvgIpc) is 3.01. The summed E-state index contributed by atoms with van der Waals surface area (Å²) in [5.41, 5.74) is 5.28. The molecule has 0 spiro atoms. The summed E-state index contributed by atoms with van der Waals surface area (Å²) in [6, 6.07) is 32.5. The largest absolute Gasteiger partial charge is 0.506 e. The number of nitrogens with zero attached hydrogens (tertiary/aromatic N) is 4. The summed E-state index contributed by atoms with van der Waals surface area (Å²) >= 11 is 0. The number of benzene rings is 6. The quantitative estimate of drug-likeness (QED) is 0.120. The third-order valence-corrected chi connectivity index (χ3v) is 7.23. The molecule has 6 rings (SSSR count). The monoisotopic (exact) mass is 630 g/mol. The summed E-state index contributed by atoms with van der Waals surface area (Å²) < 4.78 is 5.50. The maximum absolute atomic E-state index is 11.1. The Morgan fingerprint density at radius 3 is 2.18 bits per heavy atom. The van der Waals surface area contributed by atoms with Crippen molar-refractivity contribution in [2.24, 2.45) is 20.5 Å². The van der Waals surface area contributed by atoms with Gasteiger partial charge in [0, 0.05) is 46.0 Å². The Labute approximate surface area is 265 Å². The third-order valence-electron chi connectivity index (χ3n) is 7.23. The van der Waals surface area contributed by atoms with E-state index in [-0.39, 0.29) is 34.3 Å². The number of aromatic hydroxyl groups is 2. The number of nitrogens with one attached hydrogen (secondary N) is 1. The molecule has 0 unspecified atom stereocenters.